The number of carboxylic acid groups (broad SMARTS) is 1. The number of carboxylic acids is 1. The highest BCUT2D eigenvalue weighted by molar-refractivity contribution is 5.88. The molecule has 2 fully saturated rings. The zero-order valence-corrected chi connectivity index (χ0v) is 12.0. The van der Waals surface area contributed by atoms with E-state index < -0.39 is 12.0 Å². The lowest BCUT2D eigenvalue weighted by atomic mass is 10.0. The van der Waals surface area contributed by atoms with Gasteiger partial charge < -0.3 is 14.7 Å². The quantitative estimate of drug-likeness (QED) is 0.913. The van der Waals surface area contributed by atoms with Crippen LogP contribution in [0.15, 0.2) is 24.3 Å². The number of benzene rings is 1. The lowest BCUT2D eigenvalue weighted by molar-refractivity contribution is -0.158. The van der Waals surface area contributed by atoms with Gasteiger partial charge in [0.1, 0.15) is 0 Å². The van der Waals surface area contributed by atoms with Crippen molar-refractivity contribution < 1.29 is 19.4 Å². The molecule has 0 unspecified atom stereocenters. The summed E-state index contributed by atoms with van der Waals surface area (Å²) in [4.78, 5) is 25.3. The first kappa shape index (κ1) is 14.1. The highest BCUT2D eigenvalue weighted by atomic mass is 16.5. The number of carbonyl (C=O) groups is 2. The molecule has 3 atom stereocenters. The number of carbonyl (C=O) groups excluding carboxylic acids is 1. The fraction of sp³-hybridized carbons (Fsp3) is 0.500. The van der Waals surface area contributed by atoms with Crippen LogP contribution >= 0.6 is 0 Å². The molecule has 1 aromatic carbocycles. The molecule has 1 saturated carbocycles. The van der Waals surface area contributed by atoms with Crippen LogP contribution in [0.25, 0.3) is 0 Å². The Kier molecular flexibility index (Phi) is 3.68. The van der Waals surface area contributed by atoms with Crippen LogP contribution < -0.4 is 0 Å². The first-order valence-electron chi connectivity index (χ1n) is 7.26. The van der Waals surface area contributed by atoms with E-state index in [4.69, 9.17) is 4.74 Å². The number of hydrogen-bond acceptors (Lipinski definition) is 3. The van der Waals surface area contributed by atoms with Gasteiger partial charge in [-0.2, -0.15) is 0 Å². The smallest absolute Gasteiger partial charge is 0.328 e. The van der Waals surface area contributed by atoms with E-state index in [-0.39, 0.29) is 24.3 Å². The zero-order valence-electron chi connectivity index (χ0n) is 12.0. The highest BCUT2D eigenvalue weighted by Gasteiger charge is 2.48. The van der Waals surface area contributed by atoms with E-state index >= 15 is 0 Å². The molecule has 0 bridgehead atoms. The second kappa shape index (κ2) is 5.48. The topological polar surface area (TPSA) is 66.8 Å². The summed E-state index contributed by atoms with van der Waals surface area (Å²) in [5, 5.41) is 9.21. The Hall–Kier alpha value is -1.88. The van der Waals surface area contributed by atoms with Gasteiger partial charge in [0.05, 0.1) is 13.2 Å². The third kappa shape index (κ3) is 2.65. The van der Waals surface area contributed by atoms with Crippen LogP contribution in [0.4, 0.5) is 0 Å². The molecule has 1 aliphatic heterocycles. The van der Waals surface area contributed by atoms with Gasteiger partial charge in [0, 0.05) is 12.5 Å². The van der Waals surface area contributed by atoms with Gasteiger partial charge >= 0.3 is 5.97 Å². The van der Waals surface area contributed by atoms with Gasteiger partial charge in [0.2, 0.25) is 5.91 Å². The number of hydrogen-bond donors (Lipinski definition) is 1. The molecule has 0 radical (unpaired) electrons. The molecule has 21 heavy (non-hydrogen) atoms. The summed E-state index contributed by atoms with van der Waals surface area (Å²) >= 11 is 0. The summed E-state index contributed by atoms with van der Waals surface area (Å²) in [7, 11) is 0. The predicted octanol–water partition coefficient (Wildman–Crippen LogP) is 1.41. The summed E-state index contributed by atoms with van der Waals surface area (Å²) in [6.45, 7) is 2.91. The molecule has 1 amide bonds. The molecule has 5 heteroatoms. The molecule has 1 aliphatic carbocycles. The molecule has 1 aromatic rings. The van der Waals surface area contributed by atoms with E-state index in [2.05, 4.69) is 6.07 Å². The maximum Gasteiger partial charge on any atom is 0.328 e. The van der Waals surface area contributed by atoms with Gasteiger partial charge in [0.15, 0.2) is 6.04 Å². The number of rotatable bonds is 3. The molecule has 0 aromatic heterocycles. The molecular formula is C16H19NO4. The molecule has 1 N–H and O–H groups in total. The minimum atomic E-state index is -0.990. The SMILES string of the molecule is Cc1ccccc1[C@@H]1C[C@@H]1C(=O)N1CCOC[C@H]1C(=O)O. The largest absolute Gasteiger partial charge is 0.480 e. The maximum absolute atomic E-state index is 12.6. The van der Waals surface area contributed by atoms with Crippen LogP contribution in [0.3, 0.4) is 0 Å². The molecule has 2 aliphatic rings. The second-order valence-corrected chi connectivity index (χ2v) is 5.77. The minimum Gasteiger partial charge on any atom is -0.480 e. The average Bonchev–Trinajstić information content (AvgIpc) is 3.27. The third-order valence-electron chi connectivity index (χ3n) is 4.39. The number of nitrogens with zero attached hydrogens (tertiary/aromatic N) is 1. The second-order valence-electron chi connectivity index (χ2n) is 5.77. The summed E-state index contributed by atoms with van der Waals surface area (Å²) in [6.07, 6.45) is 0.813. The standard InChI is InChI=1S/C16H19NO4/c1-10-4-2-3-5-11(10)12-8-13(12)15(18)17-6-7-21-9-14(17)16(19)20/h2-5,12-14H,6-9H2,1H3,(H,19,20)/t12-,13-,14-/m0/s1. The van der Waals surface area contributed by atoms with Crippen molar-refractivity contribution in [2.24, 2.45) is 5.92 Å². The fourth-order valence-corrected chi connectivity index (χ4v) is 3.10. The van der Waals surface area contributed by atoms with E-state index in [0.29, 0.717) is 13.2 Å². The van der Waals surface area contributed by atoms with Crippen LogP contribution in [0.5, 0.6) is 0 Å². The zero-order chi connectivity index (χ0) is 15.0. The van der Waals surface area contributed by atoms with Crippen molar-refractivity contribution in [1.29, 1.82) is 0 Å². The summed E-state index contributed by atoms with van der Waals surface area (Å²) in [5.41, 5.74) is 2.39. The normalized spacial score (nSPS) is 28.2. The van der Waals surface area contributed by atoms with Crippen molar-refractivity contribution in [1.82, 2.24) is 4.90 Å². The Morgan fingerprint density at radius 3 is 2.81 bits per heavy atom. The van der Waals surface area contributed by atoms with Gasteiger partial charge in [0.25, 0.3) is 0 Å². The van der Waals surface area contributed by atoms with E-state index in [0.717, 1.165) is 6.42 Å². The molecule has 1 heterocycles. The minimum absolute atomic E-state index is 0.0426. The van der Waals surface area contributed by atoms with Crippen LogP contribution in [0.1, 0.15) is 23.5 Å². The number of aliphatic carboxylic acids is 1. The molecule has 5 nitrogen and oxygen atoms in total. The lowest BCUT2D eigenvalue weighted by Gasteiger charge is -2.33. The maximum atomic E-state index is 12.6. The van der Waals surface area contributed by atoms with Gasteiger partial charge in [-0.3, -0.25) is 4.79 Å². The summed E-state index contributed by atoms with van der Waals surface area (Å²) in [5.74, 6) is -0.878. The van der Waals surface area contributed by atoms with Crippen molar-refractivity contribution in [3.05, 3.63) is 35.4 Å². The Labute approximate surface area is 123 Å². The molecule has 3 rings (SSSR count). The Bertz CT molecular complexity index is 571. The van der Waals surface area contributed by atoms with E-state index in [1.807, 2.05) is 25.1 Å². The monoisotopic (exact) mass is 289 g/mol. The van der Waals surface area contributed by atoms with Gasteiger partial charge in [-0.05, 0) is 30.4 Å². The van der Waals surface area contributed by atoms with Crippen LogP contribution in [0.2, 0.25) is 0 Å². The molecule has 112 valence electrons. The van der Waals surface area contributed by atoms with Gasteiger partial charge in [-0.1, -0.05) is 24.3 Å². The van der Waals surface area contributed by atoms with E-state index in [9.17, 15) is 14.7 Å². The van der Waals surface area contributed by atoms with E-state index in [1.165, 1.54) is 16.0 Å². The highest BCUT2D eigenvalue weighted by Crippen LogP contribution is 2.49. The summed E-state index contributed by atoms with van der Waals surface area (Å²) < 4.78 is 5.18. The first-order chi connectivity index (χ1) is 10.1. The number of amides is 1. The number of aryl methyl sites for hydroxylation is 1. The summed E-state index contributed by atoms with van der Waals surface area (Å²) in [6, 6.07) is 7.23. The lowest BCUT2D eigenvalue weighted by Crippen LogP contribution is -2.53. The van der Waals surface area contributed by atoms with Gasteiger partial charge in [-0.15, -0.1) is 0 Å². The molecular weight excluding hydrogens is 270 g/mol. The van der Waals surface area contributed by atoms with Crippen LogP contribution in [0, 0.1) is 12.8 Å². The predicted molar refractivity (Wildman–Crippen MR) is 76.0 cm³/mol. The third-order valence-corrected chi connectivity index (χ3v) is 4.39. The number of ether oxygens (including phenoxy) is 1. The van der Waals surface area contributed by atoms with E-state index in [1.54, 1.807) is 0 Å². The fourth-order valence-electron chi connectivity index (χ4n) is 3.10. The Morgan fingerprint density at radius 1 is 1.33 bits per heavy atom. The number of morpholine rings is 1. The molecule has 1 saturated heterocycles. The van der Waals surface area contributed by atoms with Crippen LogP contribution in [-0.4, -0.2) is 47.7 Å². The molecule has 0 spiro atoms. The van der Waals surface area contributed by atoms with Crippen molar-refractivity contribution in [2.45, 2.75) is 25.3 Å². The Balaban J connectivity index is 1.72. The Morgan fingerprint density at radius 2 is 2.10 bits per heavy atom. The first-order valence-corrected chi connectivity index (χ1v) is 7.26. The van der Waals surface area contributed by atoms with Crippen molar-refractivity contribution in [2.75, 3.05) is 19.8 Å². The average molecular weight is 289 g/mol. The van der Waals surface area contributed by atoms with Gasteiger partial charge in [-0.25, -0.2) is 4.79 Å². The van der Waals surface area contributed by atoms with Crippen molar-refractivity contribution >= 4 is 11.9 Å². The van der Waals surface area contributed by atoms with Crippen molar-refractivity contribution in [3.8, 4) is 0 Å². The van der Waals surface area contributed by atoms with Crippen LogP contribution in [-0.2, 0) is 14.3 Å². The van der Waals surface area contributed by atoms with Crippen molar-refractivity contribution in [3.63, 3.8) is 0 Å².